The molecule has 2 aliphatic rings. The van der Waals surface area contributed by atoms with Gasteiger partial charge in [-0.1, -0.05) is 35.9 Å². The van der Waals surface area contributed by atoms with Crippen molar-refractivity contribution < 1.29 is 14.7 Å². The molecule has 8 rings (SSSR count). The van der Waals surface area contributed by atoms with Gasteiger partial charge >= 0.3 is 0 Å². The van der Waals surface area contributed by atoms with Crippen molar-refractivity contribution in [1.29, 1.82) is 0 Å². The highest BCUT2D eigenvalue weighted by atomic mass is 35.5. The second-order valence-electron chi connectivity index (χ2n) is 14.6. The molecule has 10 nitrogen and oxygen atoms in total. The molecule has 1 atom stereocenters. The highest BCUT2D eigenvalue weighted by Gasteiger charge is 2.34. The Balaban J connectivity index is 1.18. The summed E-state index contributed by atoms with van der Waals surface area (Å²) >= 11 is 6.68. The van der Waals surface area contributed by atoms with Gasteiger partial charge in [-0.3, -0.25) is 19.4 Å². The molecule has 54 heavy (non-hydrogen) atoms. The maximum atomic E-state index is 14.9. The van der Waals surface area contributed by atoms with E-state index in [0.29, 0.717) is 45.3 Å². The van der Waals surface area contributed by atoms with Gasteiger partial charge in [-0.15, -0.1) is 0 Å². The molecule has 6 aromatic rings. The van der Waals surface area contributed by atoms with Gasteiger partial charge in [0.15, 0.2) is 0 Å². The molecule has 0 spiro atoms. The number of fused-ring (bicyclic) bond motifs is 2. The number of aryl methyl sites for hydroxylation is 1. The third-order valence-corrected chi connectivity index (χ3v) is 11.4. The van der Waals surface area contributed by atoms with E-state index in [1.54, 1.807) is 41.4 Å². The zero-order chi connectivity index (χ0) is 37.7. The van der Waals surface area contributed by atoms with Crippen LogP contribution in [0.25, 0.3) is 22.3 Å². The van der Waals surface area contributed by atoms with E-state index >= 15 is 0 Å². The monoisotopic (exact) mass is 741 g/mol. The number of amides is 2. The summed E-state index contributed by atoms with van der Waals surface area (Å²) in [6.45, 7) is 7.19. The van der Waals surface area contributed by atoms with Crippen LogP contribution in [-0.2, 0) is 27.1 Å². The van der Waals surface area contributed by atoms with Crippen LogP contribution in [0.1, 0.15) is 37.5 Å². The van der Waals surface area contributed by atoms with Crippen molar-refractivity contribution in [3.63, 3.8) is 0 Å². The molecule has 3 aromatic heterocycles. The number of likely N-dealkylation sites (N-methyl/N-ethyl adjacent to an activating group) is 1. The number of pyridine rings is 1. The molecule has 0 unspecified atom stereocenters. The summed E-state index contributed by atoms with van der Waals surface area (Å²) in [7, 11) is 5.99. The molecule has 11 heteroatoms. The Morgan fingerprint density at radius 2 is 1.61 bits per heavy atom. The van der Waals surface area contributed by atoms with Crippen LogP contribution in [0.3, 0.4) is 0 Å². The van der Waals surface area contributed by atoms with E-state index in [4.69, 9.17) is 11.6 Å². The first-order valence-electron chi connectivity index (χ1n) is 18.3. The number of hydrogen-bond donors (Lipinski definition) is 1. The van der Waals surface area contributed by atoms with E-state index < -0.39 is 0 Å². The Kier molecular flexibility index (Phi) is 9.51. The number of rotatable bonds is 7. The lowest BCUT2D eigenvalue weighted by Gasteiger charge is -2.41. The molecule has 0 saturated carbocycles. The van der Waals surface area contributed by atoms with Crippen molar-refractivity contribution in [3.8, 4) is 17.0 Å². The molecule has 3 aromatic carbocycles. The molecule has 0 bridgehead atoms. The standard InChI is InChI=1S/C43H44ClN7O3/c1-28-38(43(54)51(33-10-12-36(52)13-11-33)34-22-30-15-16-47(3)41(30)45-25-34)24-40(48(28)4)39-23-32(44)9-14-37(39)42(53)50-26-31-8-6-5-7-29(31)21-35(50)27-49-19-17-46(2)18-20-49/h5-16,22-25,35,52H,17-21,26-27H2,1-4H3/t35-/m0/s1. The summed E-state index contributed by atoms with van der Waals surface area (Å²) in [6.07, 6.45) is 4.41. The number of carbonyl (C=O) groups excluding carboxylic acids is 2. The maximum Gasteiger partial charge on any atom is 0.264 e. The lowest BCUT2D eigenvalue weighted by Crippen LogP contribution is -2.53. The first-order valence-corrected chi connectivity index (χ1v) is 18.7. The minimum Gasteiger partial charge on any atom is -0.508 e. The summed E-state index contributed by atoms with van der Waals surface area (Å²) in [6, 6.07) is 26.2. The number of phenols is 1. The highest BCUT2D eigenvalue weighted by Crippen LogP contribution is 2.36. The second-order valence-corrected chi connectivity index (χ2v) is 15.1. The SMILES string of the molecule is Cc1c(C(=O)N(c2ccc(O)cc2)c2cnc3c(ccn3C)c2)cc(-c2cc(Cl)ccc2C(=O)N2Cc3ccccc3C[C@H]2CN2CCN(C)CC2)n1C. The number of phenolic OH excluding ortho intramolecular Hbond substituents is 1. The number of halogens is 1. The number of anilines is 2. The third-order valence-electron chi connectivity index (χ3n) is 11.2. The fourth-order valence-electron chi connectivity index (χ4n) is 7.93. The minimum atomic E-state index is -0.271. The van der Waals surface area contributed by atoms with Crippen molar-refractivity contribution in [2.24, 2.45) is 14.1 Å². The predicted octanol–water partition coefficient (Wildman–Crippen LogP) is 7.04. The third kappa shape index (κ3) is 6.66. The number of aromatic nitrogens is 3. The van der Waals surface area contributed by atoms with Gasteiger partial charge in [-0.05, 0) is 92.2 Å². The molecular formula is C43H44ClN7O3. The van der Waals surface area contributed by atoms with E-state index in [-0.39, 0.29) is 23.6 Å². The lowest BCUT2D eigenvalue weighted by atomic mass is 9.92. The quantitative estimate of drug-likeness (QED) is 0.189. The molecule has 0 radical (unpaired) electrons. The number of aromatic hydroxyl groups is 1. The zero-order valence-electron chi connectivity index (χ0n) is 31.0. The van der Waals surface area contributed by atoms with E-state index in [0.717, 1.165) is 61.4 Å². The largest absolute Gasteiger partial charge is 0.508 e. The average molecular weight is 742 g/mol. The van der Waals surface area contributed by atoms with Crippen LogP contribution in [0.15, 0.2) is 97.3 Å². The zero-order valence-corrected chi connectivity index (χ0v) is 31.8. The maximum absolute atomic E-state index is 14.9. The van der Waals surface area contributed by atoms with Gasteiger partial charge in [-0.2, -0.15) is 0 Å². The minimum absolute atomic E-state index is 0.000974. The Hall–Kier alpha value is -5.42. The number of hydrogen-bond acceptors (Lipinski definition) is 6. The normalized spacial score (nSPS) is 16.5. The van der Waals surface area contributed by atoms with Crippen LogP contribution in [-0.4, -0.2) is 91.6 Å². The molecule has 2 aliphatic heterocycles. The molecule has 5 heterocycles. The van der Waals surface area contributed by atoms with E-state index in [2.05, 4.69) is 40.0 Å². The van der Waals surface area contributed by atoms with Crippen molar-refractivity contribution in [2.75, 3.05) is 44.7 Å². The van der Waals surface area contributed by atoms with Gasteiger partial charge in [0, 0.05) is 104 Å². The van der Waals surface area contributed by atoms with Gasteiger partial charge in [0.2, 0.25) is 0 Å². The molecular weight excluding hydrogens is 698 g/mol. The highest BCUT2D eigenvalue weighted by molar-refractivity contribution is 6.31. The number of carbonyl (C=O) groups is 2. The first-order chi connectivity index (χ1) is 26.0. The fraction of sp³-hybridized carbons (Fsp3) is 0.279. The van der Waals surface area contributed by atoms with Crippen molar-refractivity contribution in [1.82, 2.24) is 28.8 Å². The van der Waals surface area contributed by atoms with Gasteiger partial charge < -0.3 is 24.0 Å². The van der Waals surface area contributed by atoms with Gasteiger partial charge in [0.25, 0.3) is 11.8 Å². The summed E-state index contributed by atoms with van der Waals surface area (Å²) in [5.41, 5.74) is 7.52. The van der Waals surface area contributed by atoms with E-state index in [9.17, 15) is 14.7 Å². The van der Waals surface area contributed by atoms with Crippen molar-refractivity contribution >= 4 is 45.8 Å². The van der Waals surface area contributed by atoms with Crippen LogP contribution < -0.4 is 4.90 Å². The summed E-state index contributed by atoms with van der Waals surface area (Å²) in [5, 5.41) is 11.5. The van der Waals surface area contributed by atoms with E-state index in [1.807, 2.05) is 77.6 Å². The number of piperazine rings is 1. The summed E-state index contributed by atoms with van der Waals surface area (Å²) in [5.74, 6) is -0.232. The molecule has 1 fully saturated rings. The fourth-order valence-corrected chi connectivity index (χ4v) is 8.10. The molecule has 2 amide bonds. The van der Waals surface area contributed by atoms with Gasteiger partial charge in [0.05, 0.1) is 17.4 Å². The van der Waals surface area contributed by atoms with Crippen LogP contribution in [0.4, 0.5) is 11.4 Å². The first kappa shape index (κ1) is 35.6. The van der Waals surface area contributed by atoms with Crippen LogP contribution in [0.5, 0.6) is 5.75 Å². The Morgan fingerprint density at radius 1 is 0.870 bits per heavy atom. The Morgan fingerprint density at radius 3 is 2.37 bits per heavy atom. The average Bonchev–Trinajstić information content (AvgIpc) is 3.70. The van der Waals surface area contributed by atoms with Crippen molar-refractivity contribution in [3.05, 3.63) is 130 Å². The number of nitrogens with zero attached hydrogens (tertiary/aromatic N) is 7. The van der Waals surface area contributed by atoms with Crippen LogP contribution in [0.2, 0.25) is 5.02 Å². The van der Waals surface area contributed by atoms with Crippen LogP contribution >= 0.6 is 11.6 Å². The van der Waals surface area contributed by atoms with Gasteiger partial charge in [-0.25, -0.2) is 4.98 Å². The Labute approximate surface area is 320 Å². The second kappa shape index (κ2) is 14.4. The van der Waals surface area contributed by atoms with Gasteiger partial charge in [0.1, 0.15) is 11.4 Å². The molecule has 1 N–H and O–H groups in total. The Bertz CT molecular complexity index is 2370. The lowest BCUT2D eigenvalue weighted by molar-refractivity contribution is 0.0536. The van der Waals surface area contributed by atoms with Crippen molar-refractivity contribution in [2.45, 2.75) is 25.9 Å². The summed E-state index contributed by atoms with van der Waals surface area (Å²) < 4.78 is 3.89. The summed E-state index contributed by atoms with van der Waals surface area (Å²) in [4.78, 5) is 42.9. The van der Waals surface area contributed by atoms with Crippen LogP contribution in [0, 0.1) is 6.92 Å². The van der Waals surface area contributed by atoms with E-state index in [1.165, 1.54) is 5.56 Å². The molecule has 0 aliphatic carbocycles. The predicted molar refractivity (Wildman–Crippen MR) is 214 cm³/mol. The molecule has 276 valence electrons. The topological polar surface area (TPSA) is 90.1 Å². The molecule has 1 saturated heterocycles. The smallest absolute Gasteiger partial charge is 0.264 e. The number of benzene rings is 3.